The Morgan fingerprint density at radius 3 is 2.89 bits per heavy atom. The minimum absolute atomic E-state index is 0.614. The second kappa shape index (κ2) is 4.55. The average molecular weight is 273 g/mol. The molecule has 0 aliphatic carbocycles. The molecule has 96 valence electrons. The number of rotatable bonds is 2. The molecule has 0 amide bonds. The van der Waals surface area contributed by atoms with Gasteiger partial charge in [-0.2, -0.15) is 0 Å². The summed E-state index contributed by atoms with van der Waals surface area (Å²) in [7, 11) is 0. The number of fused-ring (bicyclic) bond motifs is 1. The lowest BCUT2D eigenvalue weighted by atomic mass is 10.2. The molecule has 0 saturated heterocycles. The fourth-order valence-corrected chi connectivity index (χ4v) is 2.51. The molecule has 5 heteroatoms. The zero-order valence-corrected chi connectivity index (χ0v) is 11.2. The third-order valence-electron chi connectivity index (χ3n) is 3.05. The summed E-state index contributed by atoms with van der Waals surface area (Å²) >= 11 is 6.06. The lowest BCUT2D eigenvalue weighted by Gasteiger charge is -2.07. The molecule has 0 fully saturated rings. The van der Waals surface area contributed by atoms with Crippen LogP contribution in [0.15, 0.2) is 36.7 Å². The van der Waals surface area contributed by atoms with Crippen molar-refractivity contribution in [1.82, 2.24) is 14.5 Å². The molecule has 4 nitrogen and oxygen atoms in total. The lowest BCUT2D eigenvalue weighted by molar-refractivity contribution is 0.796. The van der Waals surface area contributed by atoms with Crippen molar-refractivity contribution < 1.29 is 0 Å². The highest BCUT2D eigenvalue weighted by molar-refractivity contribution is 6.31. The molecule has 0 spiro atoms. The van der Waals surface area contributed by atoms with Crippen LogP contribution in [0.3, 0.4) is 0 Å². The number of nitrogen functional groups attached to an aromatic ring is 1. The zero-order chi connectivity index (χ0) is 13.4. The van der Waals surface area contributed by atoms with Crippen molar-refractivity contribution in [2.75, 3.05) is 5.73 Å². The SMILES string of the molecule is CCn1c(-c2cc(N)cc(Cl)c2)nc2cnccc21. The molecular weight excluding hydrogens is 260 g/mol. The van der Waals surface area contributed by atoms with E-state index in [0.29, 0.717) is 10.7 Å². The van der Waals surface area contributed by atoms with Gasteiger partial charge in [-0.3, -0.25) is 4.98 Å². The maximum Gasteiger partial charge on any atom is 0.141 e. The van der Waals surface area contributed by atoms with E-state index in [2.05, 4.69) is 21.5 Å². The predicted octanol–water partition coefficient (Wildman–Crippen LogP) is 3.35. The monoisotopic (exact) mass is 272 g/mol. The van der Waals surface area contributed by atoms with Crippen LogP contribution in [0.1, 0.15) is 6.92 Å². The molecule has 0 atom stereocenters. The number of hydrogen-bond acceptors (Lipinski definition) is 3. The van der Waals surface area contributed by atoms with E-state index in [1.54, 1.807) is 18.5 Å². The first-order chi connectivity index (χ1) is 9.19. The molecule has 2 aromatic heterocycles. The highest BCUT2D eigenvalue weighted by Gasteiger charge is 2.12. The van der Waals surface area contributed by atoms with Crippen molar-refractivity contribution in [3.8, 4) is 11.4 Å². The van der Waals surface area contributed by atoms with Gasteiger partial charge in [0, 0.05) is 29.0 Å². The Kier molecular flexibility index (Phi) is 2.87. The number of hydrogen-bond donors (Lipinski definition) is 1. The summed E-state index contributed by atoms with van der Waals surface area (Å²) in [5, 5.41) is 0.614. The first kappa shape index (κ1) is 12.0. The minimum Gasteiger partial charge on any atom is -0.399 e. The first-order valence-corrected chi connectivity index (χ1v) is 6.43. The highest BCUT2D eigenvalue weighted by Crippen LogP contribution is 2.28. The normalized spacial score (nSPS) is 11.1. The Morgan fingerprint density at radius 1 is 1.32 bits per heavy atom. The maximum absolute atomic E-state index is 6.06. The number of anilines is 1. The molecule has 0 saturated carbocycles. The van der Waals surface area contributed by atoms with Gasteiger partial charge in [0.15, 0.2) is 0 Å². The van der Waals surface area contributed by atoms with Crippen molar-refractivity contribution >= 4 is 28.3 Å². The van der Waals surface area contributed by atoms with Crippen LogP contribution in [0.2, 0.25) is 5.02 Å². The van der Waals surface area contributed by atoms with Gasteiger partial charge in [-0.05, 0) is 31.2 Å². The summed E-state index contributed by atoms with van der Waals surface area (Å²) in [6.07, 6.45) is 3.53. The molecule has 0 radical (unpaired) electrons. The molecule has 2 heterocycles. The van der Waals surface area contributed by atoms with Crippen LogP contribution in [0, 0.1) is 0 Å². The molecule has 0 bridgehead atoms. The van der Waals surface area contributed by atoms with Gasteiger partial charge in [-0.1, -0.05) is 11.6 Å². The van der Waals surface area contributed by atoms with E-state index in [1.807, 2.05) is 18.2 Å². The standard InChI is InChI=1S/C14H13ClN4/c1-2-19-13-3-4-17-8-12(13)18-14(19)9-5-10(15)7-11(16)6-9/h3-8H,2,16H2,1H3. The van der Waals surface area contributed by atoms with E-state index >= 15 is 0 Å². The van der Waals surface area contributed by atoms with E-state index in [9.17, 15) is 0 Å². The molecule has 3 aromatic rings. The quantitative estimate of drug-likeness (QED) is 0.728. The number of nitrogens with two attached hydrogens (primary N) is 1. The van der Waals surface area contributed by atoms with Crippen molar-refractivity contribution in [2.45, 2.75) is 13.5 Å². The molecule has 0 aliphatic heterocycles. The third-order valence-corrected chi connectivity index (χ3v) is 3.26. The van der Waals surface area contributed by atoms with Crippen LogP contribution < -0.4 is 5.73 Å². The van der Waals surface area contributed by atoms with Gasteiger partial charge in [0.1, 0.15) is 11.3 Å². The zero-order valence-electron chi connectivity index (χ0n) is 10.5. The van der Waals surface area contributed by atoms with Crippen LogP contribution in [0.4, 0.5) is 5.69 Å². The smallest absolute Gasteiger partial charge is 0.141 e. The number of benzene rings is 1. The molecule has 19 heavy (non-hydrogen) atoms. The summed E-state index contributed by atoms with van der Waals surface area (Å²) in [5.41, 5.74) is 9.34. The van der Waals surface area contributed by atoms with Crippen molar-refractivity contribution in [3.63, 3.8) is 0 Å². The fraction of sp³-hybridized carbons (Fsp3) is 0.143. The van der Waals surface area contributed by atoms with Crippen molar-refractivity contribution in [2.24, 2.45) is 0 Å². The molecule has 1 aromatic carbocycles. The Bertz CT molecular complexity index is 728. The number of aryl methyl sites for hydroxylation is 1. The van der Waals surface area contributed by atoms with Gasteiger partial charge in [0.05, 0.1) is 11.7 Å². The summed E-state index contributed by atoms with van der Waals surface area (Å²) < 4.78 is 2.13. The molecule has 3 rings (SSSR count). The summed E-state index contributed by atoms with van der Waals surface area (Å²) in [5.74, 6) is 0.861. The van der Waals surface area contributed by atoms with Crippen LogP contribution in [0.5, 0.6) is 0 Å². The second-order valence-corrected chi connectivity index (χ2v) is 4.75. The summed E-state index contributed by atoms with van der Waals surface area (Å²) in [6, 6.07) is 7.44. The molecule has 2 N–H and O–H groups in total. The molecule has 0 unspecified atom stereocenters. The number of imidazole rings is 1. The van der Waals surface area contributed by atoms with Crippen molar-refractivity contribution in [3.05, 3.63) is 41.7 Å². The highest BCUT2D eigenvalue weighted by atomic mass is 35.5. The van der Waals surface area contributed by atoms with E-state index in [4.69, 9.17) is 17.3 Å². The van der Waals surface area contributed by atoms with E-state index in [1.165, 1.54) is 0 Å². The van der Waals surface area contributed by atoms with Gasteiger partial charge < -0.3 is 10.3 Å². The molecule has 0 aliphatic rings. The van der Waals surface area contributed by atoms with E-state index in [0.717, 1.165) is 29.0 Å². The first-order valence-electron chi connectivity index (χ1n) is 6.05. The predicted molar refractivity (Wildman–Crippen MR) is 78.1 cm³/mol. The average Bonchev–Trinajstić information content (AvgIpc) is 2.76. The largest absolute Gasteiger partial charge is 0.399 e. The van der Waals surface area contributed by atoms with Crippen LogP contribution in [-0.2, 0) is 6.54 Å². The fourth-order valence-electron chi connectivity index (χ4n) is 2.26. The van der Waals surface area contributed by atoms with Gasteiger partial charge in [0.2, 0.25) is 0 Å². The van der Waals surface area contributed by atoms with Crippen LogP contribution in [0.25, 0.3) is 22.4 Å². The Balaban J connectivity index is 2.29. The van der Waals surface area contributed by atoms with Gasteiger partial charge >= 0.3 is 0 Å². The Morgan fingerprint density at radius 2 is 2.16 bits per heavy atom. The van der Waals surface area contributed by atoms with Crippen LogP contribution in [-0.4, -0.2) is 14.5 Å². The summed E-state index contributed by atoms with van der Waals surface area (Å²) in [6.45, 7) is 2.90. The second-order valence-electron chi connectivity index (χ2n) is 4.32. The van der Waals surface area contributed by atoms with Gasteiger partial charge in [-0.25, -0.2) is 4.98 Å². The Hall–Kier alpha value is -2.07. The van der Waals surface area contributed by atoms with E-state index in [-0.39, 0.29) is 0 Å². The number of nitrogens with zero attached hydrogens (tertiary/aromatic N) is 3. The minimum atomic E-state index is 0.614. The van der Waals surface area contributed by atoms with Crippen LogP contribution >= 0.6 is 11.6 Å². The van der Waals surface area contributed by atoms with Gasteiger partial charge in [0.25, 0.3) is 0 Å². The summed E-state index contributed by atoms with van der Waals surface area (Å²) in [4.78, 5) is 8.73. The Labute approximate surface area is 115 Å². The van der Waals surface area contributed by atoms with Crippen molar-refractivity contribution in [1.29, 1.82) is 0 Å². The van der Waals surface area contributed by atoms with Gasteiger partial charge in [-0.15, -0.1) is 0 Å². The lowest BCUT2D eigenvalue weighted by Crippen LogP contribution is -1.98. The molecular formula is C14H13ClN4. The van der Waals surface area contributed by atoms with E-state index < -0.39 is 0 Å². The number of halogens is 1. The number of pyridine rings is 1. The topological polar surface area (TPSA) is 56.7 Å². The maximum atomic E-state index is 6.06. The third kappa shape index (κ3) is 2.04. The number of aromatic nitrogens is 3.